The second-order valence-electron chi connectivity index (χ2n) is 4.98. The van der Waals surface area contributed by atoms with Gasteiger partial charge in [-0.15, -0.1) is 11.3 Å². The van der Waals surface area contributed by atoms with Gasteiger partial charge >= 0.3 is 0 Å². The molecule has 0 bridgehead atoms. The Hall–Kier alpha value is -1.81. The van der Waals surface area contributed by atoms with Crippen molar-refractivity contribution < 1.29 is 4.79 Å². The van der Waals surface area contributed by atoms with Crippen LogP contribution >= 0.6 is 11.3 Å². The van der Waals surface area contributed by atoms with Gasteiger partial charge in [0.2, 0.25) is 5.91 Å². The van der Waals surface area contributed by atoms with Gasteiger partial charge in [0.15, 0.2) is 0 Å². The quantitative estimate of drug-likeness (QED) is 0.872. The summed E-state index contributed by atoms with van der Waals surface area (Å²) in [5.74, 6) is 0.0381. The monoisotopic (exact) mass is 302 g/mol. The van der Waals surface area contributed by atoms with E-state index in [0.717, 1.165) is 29.2 Å². The van der Waals surface area contributed by atoms with Gasteiger partial charge in [0.1, 0.15) is 0 Å². The molecule has 0 aliphatic rings. The van der Waals surface area contributed by atoms with Gasteiger partial charge in [-0.2, -0.15) is 0 Å². The number of hydrogen-bond acceptors (Lipinski definition) is 3. The van der Waals surface area contributed by atoms with Crippen molar-refractivity contribution in [3.63, 3.8) is 0 Å². The number of nitrogens with one attached hydrogen (secondary N) is 1. The summed E-state index contributed by atoms with van der Waals surface area (Å²) in [5.41, 5.74) is 3.19. The number of amides is 1. The van der Waals surface area contributed by atoms with E-state index >= 15 is 0 Å². The topological polar surface area (TPSA) is 32.3 Å². The van der Waals surface area contributed by atoms with Crippen LogP contribution in [0.1, 0.15) is 24.3 Å². The molecule has 1 amide bonds. The molecule has 1 aromatic carbocycles. The summed E-state index contributed by atoms with van der Waals surface area (Å²) >= 11 is 1.61. The summed E-state index contributed by atoms with van der Waals surface area (Å²) in [6, 6.07) is 10.2. The van der Waals surface area contributed by atoms with Crippen molar-refractivity contribution in [2.75, 3.05) is 23.3 Å². The van der Waals surface area contributed by atoms with Gasteiger partial charge < -0.3 is 10.2 Å². The maximum atomic E-state index is 12.0. The molecule has 0 fully saturated rings. The largest absolute Gasteiger partial charge is 0.372 e. The second kappa shape index (κ2) is 7.27. The molecule has 0 saturated carbocycles. The highest BCUT2D eigenvalue weighted by atomic mass is 32.1. The van der Waals surface area contributed by atoms with Crippen LogP contribution in [0.15, 0.2) is 35.7 Å². The first-order valence-electron chi connectivity index (χ1n) is 7.31. The van der Waals surface area contributed by atoms with Crippen molar-refractivity contribution in [2.45, 2.75) is 27.2 Å². The smallest absolute Gasteiger partial charge is 0.229 e. The van der Waals surface area contributed by atoms with E-state index in [4.69, 9.17) is 0 Å². The third-order valence-corrected chi connectivity index (χ3v) is 4.40. The highest BCUT2D eigenvalue weighted by molar-refractivity contribution is 7.10. The highest BCUT2D eigenvalue weighted by Crippen LogP contribution is 2.23. The van der Waals surface area contributed by atoms with E-state index in [0.29, 0.717) is 6.42 Å². The Bertz CT molecular complexity index is 589. The summed E-state index contributed by atoms with van der Waals surface area (Å²) in [4.78, 5) is 15.4. The number of thiophene rings is 1. The van der Waals surface area contributed by atoms with Crippen molar-refractivity contribution in [2.24, 2.45) is 0 Å². The maximum Gasteiger partial charge on any atom is 0.229 e. The fraction of sp³-hybridized carbons (Fsp3) is 0.353. The summed E-state index contributed by atoms with van der Waals surface area (Å²) in [6.45, 7) is 8.30. The molecule has 4 heteroatoms. The molecule has 112 valence electrons. The van der Waals surface area contributed by atoms with Crippen LogP contribution in [0, 0.1) is 6.92 Å². The van der Waals surface area contributed by atoms with Gasteiger partial charge in [-0.05, 0) is 56.0 Å². The van der Waals surface area contributed by atoms with Gasteiger partial charge in [0, 0.05) is 29.3 Å². The van der Waals surface area contributed by atoms with Crippen LogP contribution in [0.4, 0.5) is 11.4 Å². The summed E-state index contributed by atoms with van der Waals surface area (Å²) in [7, 11) is 0. The Morgan fingerprint density at radius 2 is 2.00 bits per heavy atom. The number of rotatable bonds is 6. The second-order valence-corrected chi connectivity index (χ2v) is 6.01. The molecule has 0 radical (unpaired) electrons. The summed E-state index contributed by atoms with van der Waals surface area (Å²) in [6.07, 6.45) is 0.439. The minimum atomic E-state index is 0.0381. The van der Waals surface area contributed by atoms with Crippen molar-refractivity contribution in [3.05, 3.63) is 46.2 Å². The van der Waals surface area contributed by atoms with E-state index in [-0.39, 0.29) is 5.91 Å². The zero-order valence-corrected chi connectivity index (χ0v) is 13.7. The first kappa shape index (κ1) is 15.6. The molecule has 2 rings (SSSR count). The maximum absolute atomic E-state index is 12.0. The van der Waals surface area contributed by atoms with Gasteiger partial charge in [-0.1, -0.05) is 6.07 Å². The van der Waals surface area contributed by atoms with E-state index in [2.05, 4.69) is 36.2 Å². The van der Waals surface area contributed by atoms with E-state index in [1.807, 2.05) is 30.5 Å². The molecule has 1 heterocycles. The minimum Gasteiger partial charge on any atom is -0.372 e. The van der Waals surface area contributed by atoms with Crippen LogP contribution in [-0.4, -0.2) is 19.0 Å². The van der Waals surface area contributed by atoms with Crippen LogP contribution in [-0.2, 0) is 11.2 Å². The molecular formula is C17H22N2OS. The third-order valence-electron chi connectivity index (χ3n) is 3.53. The molecule has 0 saturated heterocycles. The van der Waals surface area contributed by atoms with E-state index < -0.39 is 0 Å². The SMILES string of the molecule is CCN(CC)c1ccc(NC(=O)Cc2cccs2)c(C)c1. The van der Waals surface area contributed by atoms with Gasteiger partial charge in [-0.3, -0.25) is 4.79 Å². The van der Waals surface area contributed by atoms with Crippen molar-refractivity contribution in [1.82, 2.24) is 0 Å². The van der Waals surface area contributed by atoms with E-state index in [1.54, 1.807) is 11.3 Å². The lowest BCUT2D eigenvalue weighted by atomic mass is 10.1. The van der Waals surface area contributed by atoms with Gasteiger partial charge in [-0.25, -0.2) is 0 Å². The molecule has 21 heavy (non-hydrogen) atoms. The standard InChI is InChI=1S/C17H22N2OS/c1-4-19(5-2)14-8-9-16(13(3)11-14)18-17(20)12-15-7-6-10-21-15/h6-11H,4-5,12H2,1-3H3,(H,18,20). The Balaban J connectivity index is 2.05. The fourth-order valence-electron chi connectivity index (χ4n) is 2.34. The van der Waals surface area contributed by atoms with Crippen LogP contribution in [0.2, 0.25) is 0 Å². The number of hydrogen-bond donors (Lipinski definition) is 1. The fourth-order valence-corrected chi connectivity index (χ4v) is 3.04. The van der Waals surface area contributed by atoms with Gasteiger partial charge in [0.25, 0.3) is 0 Å². The zero-order valence-electron chi connectivity index (χ0n) is 12.8. The molecule has 1 N–H and O–H groups in total. The zero-order chi connectivity index (χ0) is 15.2. The van der Waals surface area contributed by atoms with Gasteiger partial charge in [0.05, 0.1) is 6.42 Å². The number of carbonyl (C=O) groups excluding carboxylic acids is 1. The molecule has 0 aliphatic heterocycles. The number of carbonyl (C=O) groups is 1. The minimum absolute atomic E-state index is 0.0381. The number of aryl methyl sites for hydroxylation is 1. The summed E-state index contributed by atoms with van der Waals surface area (Å²) < 4.78 is 0. The van der Waals surface area contributed by atoms with E-state index in [9.17, 15) is 4.79 Å². The van der Waals surface area contributed by atoms with Crippen molar-refractivity contribution >= 4 is 28.6 Å². The molecule has 0 aliphatic carbocycles. The number of benzene rings is 1. The lowest BCUT2D eigenvalue weighted by Crippen LogP contribution is -2.22. The average Bonchev–Trinajstić information content (AvgIpc) is 2.96. The third kappa shape index (κ3) is 4.08. The molecule has 0 unspecified atom stereocenters. The Morgan fingerprint density at radius 1 is 1.24 bits per heavy atom. The number of nitrogens with zero attached hydrogens (tertiary/aromatic N) is 1. The number of anilines is 2. The van der Waals surface area contributed by atoms with E-state index in [1.165, 1.54) is 5.69 Å². The van der Waals surface area contributed by atoms with Crippen molar-refractivity contribution in [1.29, 1.82) is 0 Å². The molecule has 2 aromatic rings. The molecule has 0 spiro atoms. The predicted molar refractivity (Wildman–Crippen MR) is 91.4 cm³/mol. The van der Waals surface area contributed by atoms with Crippen LogP contribution in [0.25, 0.3) is 0 Å². The first-order chi connectivity index (χ1) is 10.1. The van der Waals surface area contributed by atoms with Crippen LogP contribution in [0.3, 0.4) is 0 Å². The highest BCUT2D eigenvalue weighted by Gasteiger charge is 2.09. The average molecular weight is 302 g/mol. The first-order valence-corrected chi connectivity index (χ1v) is 8.19. The van der Waals surface area contributed by atoms with Crippen molar-refractivity contribution in [3.8, 4) is 0 Å². The Morgan fingerprint density at radius 3 is 2.57 bits per heavy atom. The lowest BCUT2D eigenvalue weighted by molar-refractivity contribution is -0.115. The summed E-state index contributed by atoms with van der Waals surface area (Å²) in [5, 5.41) is 4.99. The molecule has 3 nitrogen and oxygen atoms in total. The Labute approximate surface area is 130 Å². The lowest BCUT2D eigenvalue weighted by Gasteiger charge is -2.22. The normalized spacial score (nSPS) is 10.4. The molecule has 1 aromatic heterocycles. The Kier molecular flexibility index (Phi) is 5.39. The van der Waals surface area contributed by atoms with Crippen LogP contribution in [0.5, 0.6) is 0 Å². The molecule has 0 atom stereocenters. The molecular weight excluding hydrogens is 280 g/mol. The predicted octanol–water partition coefficient (Wildman–Crippen LogP) is 4.08. The van der Waals surface area contributed by atoms with Crippen LogP contribution < -0.4 is 10.2 Å².